The minimum absolute atomic E-state index is 0.619. The van der Waals surface area contributed by atoms with Crippen molar-refractivity contribution in [1.82, 2.24) is 29.1 Å². The summed E-state index contributed by atoms with van der Waals surface area (Å²) in [5.74, 6) is 2.79. The van der Waals surface area contributed by atoms with Crippen LogP contribution in [-0.4, -0.2) is 29.1 Å². The minimum Gasteiger partial charge on any atom is -0.456 e. The second-order valence-electron chi connectivity index (χ2n) is 22.4. The van der Waals surface area contributed by atoms with Gasteiger partial charge in [-0.05, 0) is 149 Å². The zero-order valence-corrected chi connectivity index (χ0v) is 45.4. The molecule has 18 aromatic rings. The molecule has 2 aliphatic heterocycles. The van der Waals surface area contributed by atoms with Crippen molar-refractivity contribution in [2.45, 2.75) is 9.79 Å². The maximum absolute atomic E-state index is 6.92. The van der Waals surface area contributed by atoms with Crippen LogP contribution in [0.3, 0.4) is 0 Å². The third kappa shape index (κ3) is 5.95. The second-order valence-corrected chi connectivity index (χ2v) is 23.4. The quantitative estimate of drug-likeness (QED) is 0.164. The lowest BCUT2D eigenvalue weighted by Gasteiger charge is -2.22. The van der Waals surface area contributed by atoms with Crippen molar-refractivity contribution in [2.24, 2.45) is 0 Å². The molecule has 4 aromatic heterocycles. The number of hydrogen-bond acceptors (Lipinski definition) is 6. The predicted molar refractivity (Wildman–Crippen MR) is 347 cm³/mol. The smallest absolute Gasteiger partial charge is 0.235 e. The van der Waals surface area contributed by atoms with Crippen molar-refractivity contribution >= 4 is 142 Å². The van der Waals surface area contributed by atoms with Crippen LogP contribution >= 0.6 is 11.8 Å². The van der Waals surface area contributed by atoms with Crippen LogP contribution in [0, 0.1) is 0 Å². The number of benzene rings is 14. The van der Waals surface area contributed by atoms with Crippen LogP contribution in [0.25, 0.3) is 176 Å². The molecule has 386 valence electrons. The number of ether oxygens (including phenoxy) is 1. The number of rotatable bonds is 3. The molecule has 0 saturated heterocycles. The van der Waals surface area contributed by atoms with E-state index in [4.69, 9.17) is 24.7 Å². The average Bonchev–Trinajstić information content (AvgIpc) is 2.05. The van der Waals surface area contributed by atoms with Gasteiger partial charge < -0.3 is 4.74 Å². The van der Waals surface area contributed by atoms with Gasteiger partial charge in [0.2, 0.25) is 11.9 Å². The first-order chi connectivity index (χ1) is 41.6. The fraction of sp³-hybridized carbons (Fsp3) is 0. The van der Waals surface area contributed by atoms with Crippen LogP contribution in [0.1, 0.15) is 0 Å². The zero-order chi connectivity index (χ0) is 54.5. The van der Waals surface area contributed by atoms with Crippen molar-refractivity contribution < 1.29 is 4.74 Å². The Hall–Kier alpha value is -10.9. The summed E-state index contributed by atoms with van der Waals surface area (Å²) < 4.78 is 11.4. The van der Waals surface area contributed by atoms with Gasteiger partial charge in [0.05, 0.1) is 49.9 Å². The molecule has 0 amide bonds. The van der Waals surface area contributed by atoms with Crippen molar-refractivity contribution in [1.29, 1.82) is 0 Å². The van der Waals surface area contributed by atoms with Gasteiger partial charge in [0, 0.05) is 47.8 Å². The predicted octanol–water partition coefficient (Wildman–Crippen LogP) is 20.3. The average molecular weight is 1090 g/mol. The summed E-state index contributed by atoms with van der Waals surface area (Å²) in [4.78, 5) is 24.1. The molecule has 0 N–H and O–H groups in total. The Morgan fingerprint density at radius 1 is 0.286 bits per heavy atom. The van der Waals surface area contributed by atoms with E-state index < -0.39 is 0 Å². The fourth-order valence-corrected chi connectivity index (χ4v) is 15.6. The highest BCUT2D eigenvalue weighted by atomic mass is 32.2. The summed E-state index contributed by atoms with van der Waals surface area (Å²) in [5.41, 5.74) is 12.1. The molecule has 6 heterocycles. The summed E-state index contributed by atoms with van der Waals surface area (Å²) >= 11 is 1.79. The van der Waals surface area contributed by atoms with Crippen molar-refractivity contribution in [3.63, 3.8) is 0 Å². The number of hydrogen-bond donors (Lipinski definition) is 0. The zero-order valence-electron chi connectivity index (χ0n) is 44.6. The Morgan fingerprint density at radius 3 is 1.57 bits per heavy atom. The summed E-state index contributed by atoms with van der Waals surface area (Å²) in [7, 11) is 0. The van der Waals surface area contributed by atoms with E-state index in [9.17, 15) is 0 Å². The van der Waals surface area contributed by atoms with Crippen molar-refractivity contribution in [2.75, 3.05) is 0 Å². The van der Waals surface area contributed by atoms with Crippen LogP contribution in [-0.2, 0) is 0 Å². The maximum atomic E-state index is 6.92. The lowest BCUT2D eigenvalue weighted by Crippen LogP contribution is -2.06. The molecular formula is C76H40N6OS. The van der Waals surface area contributed by atoms with E-state index in [1.807, 2.05) is 12.1 Å². The lowest BCUT2D eigenvalue weighted by molar-refractivity contribution is 0.486. The molecule has 0 unspecified atom stereocenters. The van der Waals surface area contributed by atoms with E-state index in [1.54, 1.807) is 11.8 Å². The second kappa shape index (κ2) is 16.4. The molecule has 7 nitrogen and oxygen atoms in total. The number of aromatic nitrogens is 6. The van der Waals surface area contributed by atoms with Gasteiger partial charge in [0.15, 0.2) is 0 Å². The normalized spacial score (nSPS) is 12.8. The van der Waals surface area contributed by atoms with Gasteiger partial charge in [0.25, 0.3) is 0 Å². The summed E-state index contributed by atoms with van der Waals surface area (Å²) in [6.45, 7) is 0. The SMILES string of the molecule is c1ccc2c(c1)Sc1cccc3nc(-n4c5ccccc5c5c6ccc7cc(-c8ccc9c(c8)Oc8cccc%10nc(-n%11c%12ccccc%12c%12c%13ccc%14ccc%15ccccc%15c%14c%13ccc%12%11)nc-9c8%10)c8ccccc8c7c6ccc54)nc-2c13. The molecule has 0 spiro atoms. The third-order valence-electron chi connectivity index (χ3n) is 18.1. The largest absolute Gasteiger partial charge is 0.456 e. The maximum Gasteiger partial charge on any atom is 0.235 e. The summed E-state index contributed by atoms with van der Waals surface area (Å²) in [6.07, 6.45) is 0. The molecule has 84 heavy (non-hydrogen) atoms. The van der Waals surface area contributed by atoms with Gasteiger partial charge in [-0.1, -0.05) is 182 Å². The van der Waals surface area contributed by atoms with E-state index in [0.717, 1.165) is 105 Å². The minimum atomic E-state index is 0.619. The molecule has 8 heteroatoms. The Labute approximate surface area is 482 Å². The number of para-hydroxylation sites is 2. The molecule has 0 radical (unpaired) electrons. The Kier molecular flexibility index (Phi) is 8.73. The molecule has 20 rings (SSSR count). The first kappa shape index (κ1) is 44.8. The molecule has 2 aliphatic rings. The third-order valence-corrected chi connectivity index (χ3v) is 19.2. The van der Waals surface area contributed by atoms with E-state index in [2.05, 4.69) is 240 Å². The molecule has 0 aliphatic carbocycles. The number of nitrogens with zero attached hydrogens (tertiary/aromatic N) is 6. The van der Waals surface area contributed by atoms with Crippen LogP contribution in [0.15, 0.2) is 252 Å². The van der Waals surface area contributed by atoms with E-state index >= 15 is 0 Å². The molecule has 0 saturated carbocycles. The monoisotopic (exact) mass is 1080 g/mol. The van der Waals surface area contributed by atoms with Crippen LogP contribution in [0.5, 0.6) is 11.5 Å². The van der Waals surface area contributed by atoms with E-state index in [0.29, 0.717) is 11.9 Å². The molecule has 14 aromatic carbocycles. The van der Waals surface area contributed by atoms with Gasteiger partial charge in [0.1, 0.15) is 11.5 Å². The van der Waals surface area contributed by atoms with Gasteiger partial charge >= 0.3 is 0 Å². The van der Waals surface area contributed by atoms with Gasteiger partial charge in [-0.25, -0.2) is 19.9 Å². The molecule has 0 bridgehead atoms. The molecular weight excluding hydrogens is 1040 g/mol. The highest BCUT2D eigenvalue weighted by Crippen LogP contribution is 2.51. The molecule has 0 atom stereocenters. The Bertz CT molecular complexity index is 6080. The Balaban J connectivity index is 0.744. The van der Waals surface area contributed by atoms with Crippen LogP contribution in [0.4, 0.5) is 0 Å². The summed E-state index contributed by atoms with van der Waals surface area (Å²) in [5, 5.41) is 21.3. The van der Waals surface area contributed by atoms with E-state index in [1.165, 1.54) is 79.8 Å². The van der Waals surface area contributed by atoms with Crippen LogP contribution in [0.2, 0.25) is 0 Å². The van der Waals surface area contributed by atoms with Gasteiger partial charge in [-0.2, -0.15) is 0 Å². The highest BCUT2D eigenvalue weighted by molar-refractivity contribution is 7.99. The highest BCUT2D eigenvalue weighted by Gasteiger charge is 2.28. The standard InChI is InChI=1S/C76H40N6OS/c1-2-14-45-41(13-1)27-28-42-29-32-50-48(67(42)45)35-37-61-69(50)52-17-5-8-22-59(52)81(61)75-77-57-20-11-24-63-71(57)73(79-75)54-34-30-43(40-64(54)83-63)56-39-44-31-33-51-49(68(44)47-16-4-3-15-46(47)56)36-38-62-70(51)53-18-6-9-23-60(53)82(62)76-78-58-21-12-26-66-72(58)74(80-76)55-19-7-10-25-65(55)84-66/h1-40H. The lowest BCUT2D eigenvalue weighted by atomic mass is 9.89. The molecule has 0 fully saturated rings. The Morgan fingerprint density at radius 2 is 0.821 bits per heavy atom. The van der Waals surface area contributed by atoms with Crippen molar-refractivity contribution in [3.05, 3.63) is 243 Å². The number of fused-ring (bicyclic) bond motifs is 22. The van der Waals surface area contributed by atoms with Crippen molar-refractivity contribution in [3.8, 4) is 57.0 Å². The van der Waals surface area contributed by atoms with Gasteiger partial charge in [-0.3, -0.25) is 9.13 Å². The summed E-state index contributed by atoms with van der Waals surface area (Å²) in [6, 6.07) is 87.8. The van der Waals surface area contributed by atoms with Gasteiger partial charge in [-0.15, -0.1) is 0 Å². The first-order valence-electron chi connectivity index (χ1n) is 28.4. The van der Waals surface area contributed by atoms with E-state index in [-0.39, 0.29) is 0 Å². The fourth-order valence-electron chi connectivity index (χ4n) is 14.5. The van der Waals surface area contributed by atoms with Crippen LogP contribution < -0.4 is 4.74 Å². The first-order valence-corrected chi connectivity index (χ1v) is 29.3. The topological polar surface area (TPSA) is 70.7 Å².